The molecule has 5 aromatic rings. The average molecular weight is 520 g/mol. The van der Waals surface area contributed by atoms with Gasteiger partial charge in [-0.05, 0) is 53.8 Å². The van der Waals surface area contributed by atoms with Crippen molar-refractivity contribution in [3.8, 4) is 16.5 Å². The lowest BCUT2D eigenvalue weighted by Crippen LogP contribution is -2.31. The van der Waals surface area contributed by atoms with Gasteiger partial charge in [-0.1, -0.05) is 66.7 Å². The van der Waals surface area contributed by atoms with E-state index in [-0.39, 0.29) is 5.91 Å². The Balaban J connectivity index is 1.39. The molecular weight excluding hydrogens is 494 g/mol. The normalized spacial score (nSPS) is 14.5. The van der Waals surface area contributed by atoms with Gasteiger partial charge in [0.25, 0.3) is 5.91 Å². The van der Waals surface area contributed by atoms with Crippen LogP contribution in [0.25, 0.3) is 10.7 Å². The molecule has 188 valence electrons. The van der Waals surface area contributed by atoms with Gasteiger partial charge in [-0.25, -0.2) is 4.68 Å². The van der Waals surface area contributed by atoms with Gasteiger partial charge in [-0.3, -0.25) is 4.79 Å². The van der Waals surface area contributed by atoms with Crippen LogP contribution in [0, 0.1) is 0 Å². The number of thiophene rings is 1. The third-order valence-corrected chi connectivity index (χ3v) is 7.16. The van der Waals surface area contributed by atoms with Gasteiger partial charge in [0.2, 0.25) is 5.95 Å². The van der Waals surface area contributed by atoms with Crippen LogP contribution in [-0.4, -0.2) is 20.7 Å². The van der Waals surface area contributed by atoms with Crippen molar-refractivity contribution in [3.05, 3.63) is 125 Å². The number of allylic oxidation sites excluding steroid dienone is 1. The van der Waals surface area contributed by atoms with E-state index in [1.54, 1.807) is 16.0 Å². The van der Waals surface area contributed by atoms with Crippen LogP contribution in [0.5, 0.6) is 5.75 Å². The summed E-state index contributed by atoms with van der Waals surface area (Å²) in [7, 11) is 0. The predicted octanol–water partition coefficient (Wildman–Crippen LogP) is 6.51. The largest absolute Gasteiger partial charge is 0.489 e. The first kappa shape index (κ1) is 23.7. The lowest BCUT2D eigenvalue weighted by atomic mass is 9.95. The lowest BCUT2D eigenvalue weighted by Gasteiger charge is -2.29. The summed E-state index contributed by atoms with van der Waals surface area (Å²) in [6, 6.07) is 30.8. The molecule has 1 atom stereocenters. The number of rotatable bonds is 7. The molecule has 3 aromatic carbocycles. The van der Waals surface area contributed by atoms with E-state index in [1.807, 2.05) is 109 Å². The molecule has 1 amide bonds. The number of hydrogen-bond acceptors (Lipinski definition) is 6. The van der Waals surface area contributed by atoms with E-state index in [2.05, 4.69) is 10.6 Å². The quantitative estimate of drug-likeness (QED) is 0.256. The zero-order valence-corrected chi connectivity index (χ0v) is 21.5. The minimum absolute atomic E-state index is 0.208. The monoisotopic (exact) mass is 519 g/mol. The number of carbonyl (C=O) groups is 1. The Morgan fingerprint density at radius 3 is 2.55 bits per heavy atom. The number of aromatic nitrogens is 3. The third kappa shape index (κ3) is 4.81. The van der Waals surface area contributed by atoms with Crippen LogP contribution in [0.1, 0.15) is 24.1 Å². The summed E-state index contributed by atoms with van der Waals surface area (Å²) >= 11 is 1.57. The fourth-order valence-corrected chi connectivity index (χ4v) is 5.15. The molecule has 0 spiro atoms. The van der Waals surface area contributed by atoms with Gasteiger partial charge in [0.05, 0.1) is 10.5 Å². The molecule has 7 nitrogen and oxygen atoms in total. The number of nitrogens with one attached hydrogen (secondary N) is 2. The number of ether oxygens (including phenoxy) is 1. The number of fused-ring (bicyclic) bond motifs is 1. The minimum Gasteiger partial charge on any atom is -0.489 e. The van der Waals surface area contributed by atoms with E-state index in [9.17, 15) is 4.79 Å². The van der Waals surface area contributed by atoms with Crippen molar-refractivity contribution >= 4 is 28.9 Å². The highest BCUT2D eigenvalue weighted by atomic mass is 32.1. The smallest absolute Gasteiger partial charge is 0.255 e. The standard InChI is InChI=1S/C30H25N5O2S/c1-20-26(29(36)32-23-13-6-3-7-14-23)27(35-30(31-20)33-28(34-35)25-16-9-17-38-25)22-12-8-15-24(18-22)37-19-21-10-4-2-5-11-21/h2-18,27H,19H2,1H3,(H,32,36)(H,31,33,34). The van der Waals surface area contributed by atoms with Gasteiger partial charge in [-0.15, -0.1) is 16.4 Å². The first-order chi connectivity index (χ1) is 18.7. The molecule has 0 bridgehead atoms. The van der Waals surface area contributed by atoms with Crippen LogP contribution in [0.2, 0.25) is 0 Å². The van der Waals surface area contributed by atoms with E-state index in [0.717, 1.165) is 27.4 Å². The highest BCUT2D eigenvalue weighted by Crippen LogP contribution is 2.38. The van der Waals surface area contributed by atoms with Gasteiger partial charge in [-0.2, -0.15) is 4.98 Å². The molecule has 2 aromatic heterocycles. The average Bonchev–Trinajstić information content (AvgIpc) is 3.63. The Bertz CT molecular complexity index is 1590. The third-order valence-electron chi connectivity index (χ3n) is 6.29. The maximum atomic E-state index is 13.7. The Kier molecular flexibility index (Phi) is 6.46. The van der Waals surface area contributed by atoms with Gasteiger partial charge >= 0.3 is 0 Å². The van der Waals surface area contributed by atoms with Crippen molar-refractivity contribution in [2.45, 2.75) is 19.6 Å². The van der Waals surface area contributed by atoms with Gasteiger partial charge in [0, 0.05) is 11.4 Å². The van der Waals surface area contributed by atoms with Crippen molar-refractivity contribution in [2.24, 2.45) is 0 Å². The number of carbonyl (C=O) groups excluding carboxylic acids is 1. The zero-order valence-electron chi connectivity index (χ0n) is 20.7. The summed E-state index contributed by atoms with van der Waals surface area (Å²) in [5.41, 5.74) is 3.96. The highest BCUT2D eigenvalue weighted by Gasteiger charge is 2.34. The highest BCUT2D eigenvalue weighted by molar-refractivity contribution is 7.13. The molecule has 38 heavy (non-hydrogen) atoms. The summed E-state index contributed by atoms with van der Waals surface area (Å²) in [4.78, 5) is 19.4. The zero-order chi connectivity index (χ0) is 25.9. The van der Waals surface area contributed by atoms with Crippen molar-refractivity contribution in [3.63, 3.8) is 0 Å². The number of nitrogens with zero attached hydrogens (tertiary/aromatic N) is 3. The van der Waals surface area contributed by atoms with Crippen LogP contribution < -0.4 is 15.4 Å². The Labute approximate surface area is 224 Å². The maximum Gasteiger partial charge on any atom is 0.255 e. The molecule has 3 heterocycles. The SMILES string of the molecule is CC1=C(C(=O)Nc2ccccc2)C(c2cccc(OCc3ccccc3)c2)n2nc(-c3cccs3)nc2N1. The maximum absolute atomic E-state index is 13.7. The lowest BCUT2D eigenvalue weighted by molar-refractivity contribution is -0.113. The number of hydrogen-bond donors (Lipinski definition) is 2. The summed E-state index contributed by atoms with van der Waals surface area (Å²) in [6.45, 7) is 2.34. The predicted molar refractivity (Wildman–Crippen MR) is 150 cm³/mol. The number of benzene rings is 3. The van der Waals surface area contributed by atoms with Gasteiger partial charge < -0.3 is 15.4 Å². The van der Waals surface area contributed by atoms with Crippen molar-refractivity contribution < 1.29 is 9.53 Å². The van der Waals surface area contributed by atoms with E-state index in [0.29, 0.717) is 29.7 Å². The molecule has 1 unspecified atom stereocenters. The van der Waals surface area contributed by atoms with Gasteiger partial charge in [0.1, 0.15) is 18.4 Å². The fraction of sp³-hybridized carbons (Fsp3) is 0.100. The molecule has 6 rings (SSSR count). The van der Waals surface area contributed by atoms with E-state index >= 15 is 0 Å². The summed E-state index contributed by atoms with van der Waals surface area (Å²) in [5.74, 6) is 1.70. The minimum atomic E-state index is -0.503. The first-order valence-corrected chi connectivity index (χ1v) is 13.1. The number of para-hydroxylation sites is 1. The van der Waals surface area contributed by atoms with Crippen LogP contribution in [0.15, 0.2) is 114 Å². The molecule has 0 saturated heterocycles. The van der Waals surface area contributed by atoms with Crippen molar-refractivity contribution in [2.75, 3.05) is 10.6 Å². The van der Waals surface area contributed by atoms with Crippen LogP contribution in [0.3, 0.4) is 0 Å². The molecule has 0 saturated carbocycles. The first-order valence-electron chi connectivity index (χ1n) is 12.3. The molecule has 0 aliphatic carbocycles. The molecule has 1 aliphatic heterocycles. The molecule has 0 radical (unpaired) electrons. The Hall–Kier alpha value is -4.69. The van der Waals surface area contributed by atoms with Crippen LogP contribution >= 0.6 is 11.3 Å². The second kappa shape index (κ2) is 10.4. The topological polar surface area (TPSA) is 81.1 Å². The molecule has 0 fully saturated rings. The van der Waals surface area contributed by atoms with E-state index in [1.165, 1.54) is 0 Å². The van der Waals surface area contributed by atoms with E-state index < -0.39 is 6.04 Å². The van der Waals surface area contributed by atoms with Crippen molar-refractivity contribution in [1.29, 1.82) is 0 Å². The fourth-order valence-electron chi connectivity index (χ4n) is 4.50. The van der Waals surface area contributed by atoms with E-state index in [4.69, 9.17) is 14.8 Å². The second-order valence-electron chi connectivity index (χ2n) is 8.91. The molecule has 8 heteroatoms. The van der Waals surface area contributed by atoms with Crippen LogP contribution in [-0.2, 0) is 11.4 Å². The Morgan fingerprint density at radius 2 is 1.79 bits per heavy atom. The molecule has 2 N–H and O–H groups in total. The van der Waals surface area contributed by atoms with Crippen LogP contribution in [0.4, 0.5) is 11.6 Å². The molecular formula is C30H25N5O2S. The summed E-state index contributed by atoms with van der Waals surface area (Å²) < 4.78 is 7.91. The summed E-state index contributed by atoms with van der Waals surface area (Å²) in [6.07, 6.45) is 0. The Morgan fingerprint density at radius 1 is 1.00 bits per heavy atom. The molecule has 1 aliphatic rings. The number of anilines is 2. The van der Waals surface area contributed by atoms with Gasteiger partial charge in [0.15, 0.2) is 5.82 Å². The summed E-state index contributed by atoms with van der Waals surface area (Å²) in [5, 5.41) is 13.2. The van der Waals surface area contributed by atoms with Crippen molar-refractivity contribution in [1.82, 2.24) is 14.8 Å². The second-order valence-corrected chi connectivity index (χ2v) is 9.86. The number of amides is 1.